The number of nitro benzene ring substituents is 2. The van der Waals surface area contributed by atoms with Crippen LogP contribution in [0.2, 0.25) is 5.02 Å². The summed E-state index contributed by atoms with van der Waals surface area (Å²) in [6, 6.07) is 13.4. The first-order chi connectivity index (χ1) is 30.0. The van der Waals surface area contributed by atoms with Crippen LogP contribution in [0.1, 0.15) is 36.5 Å². The molecule has 1 fully saturated rings. The fourth-order valence-electron chi connectivity index (χ4n) is 3.93. The van der Waals surface area contributed by atoms with Crippen LogP contribution >= 0.6 is 91.3 Å². The molecule has 65 heavy (non-hydrogen) atoms. The van der Waals surface area contributed by atoms with Gasteiger partial charge in [0.25, 0.3) is 5.69 Å². The number of nitrogens with two attached hydrogens (primary N) is 1. The van der Waals surface area contributed by atoms with Gasteiger partial charge in [0.2, 0.25) is 5.82 Å². The van der Waals surface area contributed by atoms with Gasteiger partial charge in [0.05, 0.1) is 75.8 Å². The Bertz CT molecular complexity index is 2310. The van der Waals surface area contributed by atoms with Gasteiger partial charge in [-0.2, -0.15) is 9.65 Å². The largest absolute Gasteiger partial charge is 0.398 e. The summed E-state index contributed by atoms with van der Waals surface area (Å²) in [6.07, 6.45) is 2.56. The Morgan fingerprint density at radius 1 is 0.631 bits per heavy atom. The number of hydrogen-bond donors (Lipinski definition) is 4. The molecular formula is C39H33Br5ClF7FeN4O8. The van der Waals surface area contributed by atoms with Crippen LogP contribution in [-0.4, -0.2) is 38.4 Å². The molecule has 5 N–H and O–H groups in total. The van der Waals surface area contributed by atoms with E-state index in [1.165, 1.54) is 44.0 Å². The standard InChI is InChI=1S/C7H5BrClFO.C7H5BrFNO3.C7H7BrFNO.C6H2BrF2NO2.C6H3BrF2.C4H8O.C2H3N.Fe/c8-5-1-4(3-11)6(9)2-7(5)10;8-5-1-4(3-11)7(10(12)13)2-6(5)9;8-5-1-4(3-11)7(10)2-6(5)9;7-3-1-5(9)6(10(11)12)2-4(3)8;7-5-3-4(8)1-2-6(5)9;1-2-4-5-3-1;1-2-3;/h1-2,11H,3H2;1-2,11H,3H2;1-2,11H,3,10H2;1-2H;1-3H;1-4H2;1H3;. The average Bonchev–Trinajstić information content (AvgIpc) is 3.83. The van der Waals surface area contributed by atoms with E-state index in [9.17, 15) is 51.0 Å². The topological polar surface area (TPSA) is 206 Å². The van der Waals surface area contributed by atoms with Crippen LogP contribution in [0.4, 0.5) is 47.8 Å². The van der Waals surface area contributed by atoms with Gasteiger partial charge >= 0.3 is 5.69 Å². The minimum Gasteiger partial charge on any atom is -0.398 e. The molecule has 5 aromatic carbocycles. The van der Waals surface area contributed by atoms with E-state index >= 15 is 0 Å². The number of nitrogens with zero attached hydrogens (tertiary/aromatic N) is 3. The quantitative estimate of drug-likeness (QED) is 0.0327. The van der Waals surface area contributed by atoms with Crippen molar-refractivity contribution >= 4 is 108 Å². The molecule has 0 aromatic heterocycles. The molecule has 1 aliphatic heterocycles. The fraction of sp³-hybridized carbons (Fsp3) is 0.205. The summed E-state index contributed by atoms with van der Waals surface area (Å²) in [4.78, 5) is 18.7. The van der Waals surface area contributed by atoms with Crippen molar-refractivity contribution in [3.63, 3.8) is 0 Å². The summed E-state index contributed by atoms with van der Waals surface area (Å²) in [5.41, 5.74) is 5.49. The third-order valence-electron chi connectivity index (χ3n) is 7.00. The number of nitriles is 1. The van der Waals surface area contributed by atoms with Crippen molar-refractivity contribution in [3.05, 3.63) is 172 Å². The Morgan fingerprint density at radius 3 is 1.42 bits per heavy atom. The van der Waals surface area contributed by atoms with E-state index in [0.717, 1.165) is 43.5 Å². The summed E-state index contributed by atoms with van der Waals surface area (Å²) >= 11 is 19.9. The number of ether oxygens (including phenoxy) is 1. The zero-order chi connectivity index (χ0) is 49.3. The Labute approximate surface area is 424 Å². The van der Waals surface area contributed by atoms with Gasteiger partial charge in [-0.15, -0.1) is 0 Å². The van der Waals surface area contributed by atoms with Gasteiger partial charge in [0.15, 0.2) is 0 Å². The predicted octanol–water partition coefficient (Wildman–Crippen LogP) is 13.1. The molecule has 5 aromatic rings. The van der Waals surface area contributed by atoms with Crippen LogP contribution in [0, 0.1) is 72.3 Å². The second-order valence-corrected chi connectivity index (χ2v) is 16.2. The molecule has 6 rings (SSSR count). The first kappa shape index (κ1) is 63.8. The summed E-state index contributed by atoms with van der Waals surface area (Å²) in [6.45, 7) is 2.58. The number of aliphatic hydroxyl groups is 3. The van der Waals surface area contributed by atoms with Gasteiger partial charge < -0.3 is 25.8 Å². The van der Waals surface area contributed by atoms with Crippen LogP contribution in [0.5, 0.6) is 0 Å². The minimum absolute atomic E-state index is 0. The van der Waals surface area contributed by atoms with Crippen molar-refractivity contribution in [2.24, 2.45) is 0 Å². The van der Waals surface area contributed by atoms with E-state index < -0.39 is 68.5 Å². The van der Waals surface area contributed by atoms with Gasteiger partial charge in [-0.25, -0.2) is 26.3 Å². The van der Waals surface area contributed by atoms with Gasteiger partial charge in [0.1, 0.15) is 34.9 Å². The van der Waals surface area contributed by atoms with Crippen molar-refractivity contribution in [2.75, 3.05) is 18.9 Å². The molecule has 12 nitrogen and oxygen atoms in total. The van der Waals surface area contributed by atoms with E-state index in [-0.39, 0.29) is 60.0 Å². The third kappa shape index (κ3) is 24.4. The van der Waals surface area contributed by atoms with Crippen molar-refractivity contribution < 1.29 is 77.7 Å². The van der Waals surface area contributed by atoms with Gasteiger partial charge in [-0.1, -0.05) is 11.6 Å². The molecule has 1 aliphatic rings. The SMILES string of the molecule is C1CCOC1.CC#N.Fc1ccc(F)c(Br)c1.Nc1cc(F)c(Br)cc1CO.O=[N+]([O-])c1cc(F)c(Br)cc1CO.O=[N+]([O-])c1cc(F)c(Br)cc1F.OCc1cc(Br)c(F)cc1Cl.[Fe]. The monoisotopic (exact) mass is 1300 g/mol. The third-order valence-corrected chi connectivity index (χ3v) is 10.4. The van der Waals surface area contributed by atoms with Gasteiger partial charge in [-0.05, 0) is 153 Å². The van der Waals surface area contributed by atoms with Crippen LogP contribution in [-0.2, 0) is 41.6 Å². The summed E-state index contributed by atoms with van der Waals surface area (Å²) in [7, 11) is 0. The Kier molecular flexibility index (Phi) is 33.5. The molecule has 0 saturated carbocycles. The van der Waals surface area contributed by atoms with E-state index in [2.05, 4.69) is 79.6 Å². The van der Waals surface area contributed by atoms with Crippen molar-refractivity contribution in [3.8, 4) is 6.07 Å². The molecule has 0 amide bonds. The first-order valence-corrected chi connectivity index (χ1v) is 21.4. The number of hydrogen-bond acceptors (Lipinski definition) is 10. The van der Waals surface area contributed by atoms with Gasteiger partial charge in [-0.3, -0.25) is 20.2 Å². The maximum atomic E-state index is 12.8. The van der Waals surface area contributed by atoms with Crippen LogP contribution in [0.3, 0.4) is 0 Å². The van der Waals surface area contributed by atoms with Crippen LogP contribution < -0.4 is 5.73 Å². The number of nitrogen functional groups attached to an aromatic ring is 1. The fourth-order valence-corrected chi connectivity index (χ4v) is 5.98. The minimum atomic E-state index is -1.06. The Balaban J connectivity index is 0. The Hall–Kier alpha value is -3.25. The van der Waals surface area contributed by atoms with Crippen molar-refractivity contribution in [1.82, 2.24) is 0 Å². The predicted molar refractivity (Wildman–Crippen MR) is 242 cm³/mol. The summed E-state index contributed by atoms with van der Waals surface area (Å²) in [5.74, 6) is -4.37. The molecule has 1 heterocycles. The number of benzene rings is 5. The van der Waals surface area contributed by atoms with E-state index in [0.29, 0.717) is 32.2 Å². The molecular weight excluding hydrogens is 1280 g/mol. The average molecular weight is 1310 g/mol. The zero-order valence-electron chi connectivity index (χ0n) is 32.9. The summed E-state index contributed by atoms with van der Waals surface area (Å²) in [5, 5.41) is 54.1. The van der Waals surface area contributed by atoms with Crippen molar-refractivity contribution in [2.45, 2.75) is 39.6 Å². The molecule has 0 aliphatic carbocycles. The Morgan fingerprint density at radius 2 is 1.02 bits per heavy atom. The van der Waals surface area contributed by atoms with E-state index in [1.54, 1.807) is 6.07 Å². The molecule has 0 radical (unpaired) electrons. The number of halogens is 13. The maximum Gasteiger partial charge on any atom is 0.307 e. The first-order valence-electron chi connectivity index (χ1n) is 17.1. The second kappa shape index (κ2) is 34.1. The molecule has 0 atom stereocenters. The van der Waals surface area contributed by atoms with E-state index in [4.69, 9.17) is 42.7 Å². The van der Waals surface area contributed by atoms with Crippen LogP contribution in [0.25, 0.3) is 0 Å². The van der Waals surface area contributed by atoms with Crippen LogP contribution in [0.15, 0.2) is 89.1 Å². The van der Waals surface area contributed by atoms with E-state index in [1.807, 2.05) is 0 Å². The molecule has 0 bridgehead atoms. The number of anilines is 1. The maximum absolute atomic E-state index is 12.8. The zero-order valence-corrected chi connectivity index (χ0v) is 42.7. The number of rotatable bonds is 5. The number of nitro groups is 2. The molecule has 0 spiro atoms. The van der Waals surface area contributed by atoms with Crippen molar-refractivity contribution in [1.29, 1.82) is 5.26 Å². The number of aliphatic hydroxyl groups excluding tert-OH is 3. The molecule has 1 saturated heterocycles. The molecule has 356 valence electrons. The molecule has 26 heteroatoms. The summed E-state index contributed by atoms with van der Waals surface area (Å²) < 4.78 is 93.6. The normalized spacial score (nSPS) is 10.6. The second-order valence-electron chi connectivity index (χ2n) is 11.5. The molecule has 0 unspecified atom stereocenters. The smallest absolute Gasteiger partial charge is 0.307 e. The van der Waals surface area contributed by atoms with Gasteiger partial charge in [0, 0.05) is 53.5 Å².